The quantitative estimate of drug-likeness (QED) is 0.190. The van der Waals surface area contributed by atoms with Gasteiger partial charge in [-0.15, -0.1) is 5.10 Å². The lowest BCUT2D eigenvalue weighted by atomic mass is 9.98. The first-order valence-corrected chi connectivity index (χ1v) is 14.2. The van der Waals surface area contributed by atoms with Gasteiger partial charge < -0.3 is 15.0 Å². The molecule has 1 atom stereocenters. The SMILES string of the molecule is CNC(=O)C(CCC=O)N1Cc2c(CCCCCn3cc(C#CSI)nn3)cccc2C1=O. The summed E-state index contributed by atoms with van der Waals surface area (Å²) in [4.78, 5) is 37.8. The maximum absolute atomic E-state index is 13.0. The highest BCUT2D eigenvalue weighted by Crippen LogP contribution is 2.29. The molecular weight excluding hydrogens is 553 g/mol. The van der Waals surface area contributed by atoms with Gasteiger partial charge in [0.25, 0.3) is 5.91 Å². The smallest absolute Gasteiger partial charge is 0.255 e. The van der Waals surface area contributed by atoms with Gasteiger partial charge >= 0.3 is 0 Å². The van der Waals surface area contributed by atoms with Crippen molar-refractivity contribution in [2.24, 2.45) is 0 Å². The minimum atomic E-state index is -0.638. The number of rotatable bonds is 11. The molecule has 0 saturated carbocycles. The van der Waals surface area contributed by atoms with Crippen LogP contribution in [0.2, 0.25) is 0 Å². The van der Waals surface area contributed by atoms with Crippen molar-refractivity contribution in [2.45, 2.75) is 57.7 Å². The Labute approximate surface area is 209 Å². The molecule has 174 valence electrons. The molecular formula is C23H26IN5O3S. The zero-order valence-corrected chi connectivity index (χ0v) is 21.4. The fourth-order valence-electron chi connectivity index (χ4n) is 4.03. The monoisotopic (exact) mass is 579 g/mol. The molecule has 8 nitrogen and oxygen atoms in total. The number of nitrogens with zero attached hydrogens (tertiary/aromatic N) is 4. The van der Waals surface area contributed by atoms with E-state index in [1.807, 2.05) is 23.0 Å². The lowest BCUT2D eigenvalue weighted by molar-refractivity contribution is -0.125. The van der Waals surface area contributed by atoms with Crippen molar-refractivity contribution in [3.8, 4) is 11.2 Å². The molecule has 1 aliphatic heterocycles. The number of aryl methyl sites for hydroxylation is 2. The van der Waals surface area contributed by atoms with Crippen molar-refractivity contribution < 1.29 is 14.4 Å². The maximum atomic E-state index is 13.0. The summed E-state index contributed by atoms with van der Waals surface area (Å²) < 4.78 is 1.82. The number of likely N-dealkylation sites (N-methyl/N-ethyl adjacent to an activating group) is 1. The van der Waals surface area contributed by atoms with E-state index in [0.717, 1.165) is 49.6 Å². The number of carbonyl (C=O) groups excluding carboxylic acids is 3. The summed E-state index contributed by atoms with van der Waals surface area (Å²) in [6.07, 6.45) is 7.05. The molecule has 2 heterocycles. The average Bonchev–Trinajstić information content (AvgIpc) is 3.42. The number of unbranched alkanes of at least 4 members (excludes halogenated alkanes) is 2. The fraction of sp³-hybridized carbons (Fsp3) is 0.435. The summed E-state index contributed by atoms with van der Waals surface area (Å²) in [5.74, 6) is 2.55. The van der Waals surface area contributed by atoms with Crippen LogP contribution in [0.5, 0.6) is 0 Å². The number of halogens is 1. The average molecular weight is 579 g/mol. The van der Waals surface area contributed by atoms with Gasteiger partial charge in [-0.25, -0.2) is 0 Å². The molecule has 0 bridgehead atoms. The summed E-state index contributed by atoms with van der Waals surface area (Å²) in [6.45, 7) is 1.19. The maximum Gasteiger partial charge on any atom is 0.255 e. The minimum absolute atomic E-state index is 0.141. The van der Waals surface area contributed by atoms with Gasteiger partial charge in [-0.05, 0) is 63.0 Å². The van der Waals surface area contributed by atoms with Gasteiger partial charge in [0.1, 0.15) is 12.3 Å². The fourth-order valence-corrected chi connectivity index (χ4v) is 4.50. The van der Waals surface area contributed by atoms with Gasteiger partial charge in [-0.2, -0.15) is 0 Å². The summed E-state index contributed by atoms with van der Waals surface area (Å²) >= 11 is 2.12. The van der Waals surface area contributed by atoms with Crippen LogP contribution in [-0.2, 0) is 29.1 Å². The molecule has 0 saturated heterocycles. The second-order valence-corrected chi connectivity index (χ2v) is 9.41. The largest absolute Gasteiger partial charge is 0.357 e. The Morgan fingerprint density at radius 1 is 1.36 bits per heavy atom. The Morgan fingerprint density at radius 2 is 2.21 bits per heavy atom. The molecule has 1 N–H and O–H groups in total. The first-order valence-electron chi connectivity index (χ1n) is 10.8. The highest BCUT2D eigenvalue weighted by atomic mass is 127. The van der Waals surface area contributed by atoms with E-state index in [4.69, 9.17) is 0 Å². The number of carbonyl (C=O) groups is 3. The number of amides is 2. The molecule has 0 fully saturated rings. The normalized spacial score (nSPS) is 13.3. The van der Waals surface area contributed by atoms with E-state index in [1.165, 1.54) is 8.93 Å². The molecule has 1 unspecified atom stereocenters. The van der Waals surface area contributed by atoms with Crippen LogP contribution in [0.4, 0.5) is 0 Å². The summed E-state index contributed by atoms with van der Waals surface area (Å²) in [7, 11) is 2.97. The van der Waals surface area contributed by atoms with Gasteiger partial charge in [0.2, 0.25) is 5.91 Å². The van der Waals surface area contributed by atoms with Crippen LogP contribution in [-0.4, -0.2) is 51.1 Å². The van der Waals surface area contributed by atoms with Crippen molar-refractivity contribution in [1.82, 2.24) is 25.2 Å². The van der Waals surface area contributed by atoms with Crippen molar-refractivity contribution in [3.63, 3.8) is 0 Å². The van der Waals surface area contributed by atoms with E-state index < -0.39 is 6.04 Å². The second-order valence-electron chi connectivity index (χ2n) is 7.73. The van der Waals surface area contributed by atoms with Gasteiger partial charge in [0, 0.05) is 53.3 Å². The molecule has 2 amide bonds. The van der Waals surface area contributed by atoms with Gasteiger partial charge in [-0.1, -0.05) is 23.8 Å². The van der Waals surface area contributed by atoms with E-state index in [1.54, 1.807) is 11.9 Å². The second kappa shape index (κ2) is 12.7. The van der Waals surface area contributed by atoms with Crippen molar-refractivity contribution >= 4 is 48.2 Å². The Bertz CT molecular complexity index is 1060. The molecule has 10 heteroatoms. The first kappa shape index (κ1) is 25.2. The molecule has 2 aromatic rings. The standard InChI is InChI=1S/C23H26IN5O3S/c1-25-22(31)21(10-6-13-30)29-16-20-17(8-5-9-19(20)23(29)32)7-3-2-4-12-28-15-18(26-27-28)11-14-33-24/h5,8-9,13,15,21H,2-4,6-7,10,12,16H2,1H3,(H,25,31). The predicted octanol–water partition coefficient (Wildman–Crippen LogP) is 3.13. The van der Waals surface area contributed by atoms with Crippen LogP contribution in [0, 0.1) is 11.2 Å². The third-order valence-electron chi connectivity index (χ3n) is 5.67. The van der Waals surface area contributed by atoms with Crippen LogP contribution < -0.4 is 5.32 Å². The summed E-state index contributed by atoms with van der Waals surface area (Å²) in [6, 6.07) is 5.15. The number of hydrogen-bond donors (Lipinski definition) is 1. The van der Waals surface area contributed by atoms with Crippen LogP contribution in [0.3, 0.4) is 0 Å². The van der Waals surface area contributed by atoms with Crippen molar-refractivity contribution in [3.05, 3.63) is 46.8 Å². The predicted molar refractivity (Wildman–Crippen MR) is 136 cm³/mol. The van der Waals surface area contributed by atoms with E-state index >= 15 is 0 Å². The Hall–Kier alpha value is -2.39. The lowest BCUT2D eigenvalue weighted by Crippen LogP contribution is -2.46. The molecule has 3 rings (SSSR count). The number of aromatic nitrogens is 3. The van der Waals surface area contributed by atoms with Crippen molar-refractivity contribution in [1.29, 1.82) is 0 Å². The number of aldehydes is 1. The molecule has 0 aliphatic carbocycles. The Morgan fingerprint density at radius 3 is 2.97 bits per heavy atom. The summed E-state index contributed by atoms with van der Waals surface area (Å²) in [5.41, 5.74) is 3.48. The Kier molecular flexibility index (Phi) is 9.75. The van der Waals surface area contributed by atoms with E-state index in [0.29, 0.717) is 24.2 Å². The minimum Gasteiger partial charge on any atom is -0.357 e. The van der Waals surface area contributed by atoms with Crippen molar-refractivity contribution in [2.75, 3.05) is 7.05 Å². The molecule has 1 aromatic carbocycles. The van der Waals surface area contributed by atoms with E-state index in [9.17, 15) is 14.4 Å². The molecule has 0 radical (unpaired) electrons. The number of fused-ring (bicyclic) bond motifs is 1. The number of hydrogen-bond acceptors (Lipinski definition) is 6. The third-order valence-corrected chi connectivity index (χ3v) is 6.51. The van der Waals surface area contributed by atoms with E-state index in [2.05, 4.69) is 54.1 Å². The highest BCUT2D eigenvalue weighted by molar-refractivity contribution is 14.2. The molecule has 33 heavy (non-hydrogen) atoms. The topological polar surface area (TPSA) is 97.2 Å². The molecule has 1 aliphatic rings. The lowest BCUT2D eigenvalue weighted by Gasteiger charge is -2.25. The van der Waals surface area contributed by atoms with Gasteiger partial charge in [0.05, 0.1) is 6.20 Å². The first-order chi connectivity index (χ1) is 16.1. The third kappa shape index (κ3) is 6.57. The zero-order chi connectivity index (χ0) is 23.6. The zero-order valence-electron chi connectivity index (χ0n) is 18.4. The van der Waals surface area contributed by atoms with E-state index in [-0.39, 0.29) is 18.2 Å². The number of benzene rings is 1. The van der Waals surface area contributed by atoms with Gasteiger partial charge in [0.15, 0.2) is 5.69 Å². The molecule has 0 spiro atoms. The highest BCUT2D eigenvalue weighted by Gasteiger charge is 2.36. The van der Waals surface area contributed by atoms with Crippen LogP contribution >= 0.6 is 30.1 Å². The number of nitrogens with one attached hydrogen (secondary N) is 1. The van der Waals surface area contributed by atoms with Crippen LogP contribution in [0.25, 0.3) is 0 Å². The molecule has 1 aromatic heterocycles. The Balaban J connectivity index is 1.56. The van der Waals surface area contributed by atoms with Crippen LogP contribution in [0.15, 0.2) is 24.4 Å². The van der Waals surface area contributed by atoms with Crippen LogP contribution in [0.1, 0.15) is 59.3 Å². The summed E-state index contributed by atoms with van der Waals surface area (Å²) in [5, 5.41) is 13.7. The van der Waals surface area contributed by atoms with Gasteiger partial charge in [-0.3, -0.25) is 14.3 Å².